The predicted molar refractivity (Wildman–Crippen MR) is 129 cm³/mol. The monoisotopic (exact) mass is 478 g/mol. The second kappa shape index (κ2) is 8.89. The van der Waals surface area contributed by atoms with Crippen LogP contribution in [0.5, 0.6) is 0 Å². The van der Waals surface area contributed by atoms with Gasteiger partial charge in [0.15, 0.2) is 5.65 Å². The standard InChI is InChI=1S/C26H24ClFN4O2/c1-14-10-18(6-8-29-14)24-11-17(7-9-34-24)23-13-21(20-5-4-19(27)12-22(20)28)25-30-16(3)15(2)26(33)32(25)31-23/h4-6,8,10,12-13,17,24H,7,9,11H2,1-3H3/t17-,24+/m0/s1. The molecule has 0 bridgehead atoms. The molecule has 0 aliphatic carbocycles. The van der Waals surface area contributed by atoms with Crippen LogP contribution >= 0.6 is 11.6 Å². The zero-order valence-corrected chi connectivity index (χ0v) is 19.9. The van der Waals surface area contributed by atoms with Crippen molar-refractivity contribution in [1.82, 2.24) is 19.6 Å². The molecule has 0 unspecified atom stereocenters. The summed E-state index contributed by atoms with van der Waals surface area (Å²) >= 11 is 5.99. The first-order chi connectivity index (χ1) is 16.3. The van der Waals surface area contributed by atoms with Crippen LogP contribution in [-0.4, -0.2) is 26.2 Å². The van der Waals surface area contributed by atoms with Gasteiger partial charge in [0.25, 0.3) is 5.56 Å². The molecule has 8 heteroatoms. The first-order valence-electron chi connectivity index (χ1n) is 11.2. The predicted octanol–water partition coefficient (Wildman–Crippen LogP) is 5.50. The van der Waals surface area contributed by atoms with E-state index in [1.165, 1.54) is 10.6 Å². The lowest BCUT2D eigenvalue weighted by atomic mass is 9.88. The van der Waals surface area contributed by atoms with E-state index in [0.717, 1.165) is 17.7 Å². The Hall–Kier alpha value is -3.16. The highest BCUT2D eigenvalue weighted by Crippen LogP contribution is 2.38. The zero-order valence-electron chi connectivity index (χ0n) is 19.2. The Morgan fingerprint density at radius 1 is 1.12 bits per heavy atom. The number of ether oxygens (including phenoxy) is 1. The lowest BCUT2D eigenvalue weighted by molar-refractivity contribution is 0.00440. The van der Waals surface area contributed by atoms with Crippen LogP contribution < -0.4 is 5.56 Å². The van der Waals surface area contributed by atoms with Crippen LogP contribution in [0, 0.1) is 26.6 Å². The van der Waals surface area contributed by atoms with E-state index < -0.39 is 5.82 Å². The molecule has 4 aromatic rings. The van der Waals surface area contributed by atoms with Crippen molar-refractivity contribution in [2.75, 3.05) is 6.61 Å². The maximum absolute atomic E-state index is 15.0. The molecule has 1 saturated heterocycles. The number of halogens is 2. The highest BCUT2D eigenvalue weighted by molar-refractivity contribution is 6.30. The second-order valence-corrected chi connectivity index (χ2v) is 9.22. The Bertz CT molecular complexity index is 1470. The van der Waals surface area contributed by atoms with Gasteiger partial charge < -0.3 is 4.74 Å². The lowest BCUT2D eigenvalue weighted by Gasteiger charge is -2.30. The van der Waals surface area contributed by atoms with Crippen LogP contribution in [0.2, 0.25) is 5.02 Å². The Balaban J connectivity index is 1.66. The Morgan fingerprint density at radius 3 is 2.71 bits per heavy atom. The van der Waals surface area contributed by atoms with Crippen molar-refractivity contribution in [3.8, 4) is 11.1 Å². The summed E-state index contributed by atoms with van der Waals surface area (Å²) in [6.07, 6.45) is 3.11. The highest BCUT2D eigenvalue weighted by Gasteiger charge is 2.28. The third kappa shape index (κ3) is 4.10. The first kappa shape index (κ1) is 22.6. The van der Waals surface area contributed by atoms with Crippen molar-refractivity contribution in [3.05, 3.63) is 92.0 Å². The maximum Gasteiger partial charge on any atom is 0.277 e. The van der Waals surface area contributed by atoms with Gasteiger partial charge in [-0.25, -0.2) is 9.37 Å². The maximum atomic E-state index is 15.0. The minimum atomic E-state index is -0.476. The molecule has 1 aliphatic rings. The fourth-order valence-electron chi connectivity index (χ4n) is 4.49. The molecule has 5 rings (SSSR count). The quantitative estimate of drug-likeness (QED) is 0.388. The summed E-state index contributed by atoms with van der Waals surface area (Å²) < 4.78 is 22.4. The average Bonchev–Trinajstić information content (AvgIpc) is 2.82. The largest absolute Gasteiger partial charge is 0.373 e. The van der Waals surface area contributed by atoms with Crippen LogP contribution in [0.4, 0.5) is 4.39 Å². The van der Waals surface area contributed by atoms with E-state index in [1.807, 2.05) is 25.1 Å². The first-order valence-corrected chi connectivity index (χ1v) is 11.6. The molecule has 174 valence electrons. The number of hydrogen-bond donors (Lipinski definition) is 0. The van der Waals surface area contributed by atoms with Gasteiger partial charge in [0.2, 0.25) is 0 Å². The van der Waals surface area contributed by atoms with E-state index in [-0.39, 0.29) is 17.6 Å². The molecule has 0 saturated carbocycles. The molecule has 3 aromatic heterocycles. The van der Waals surface area contributed by atoms with E-state index in [1.54, 1.807) is 32.2 Å². The van der Waals surface area contributed by atoms with E-state index in [2.05, 4.69) is 9.97 Å². The van der Waals surface area contributed by atoms with Crippen LogP contribution in [0.1, 0.15) is 53.1 Å². The van der Waals surface area contributed by atoms with Crippen LogP contribution in [0.3, 0.4) is 0 Å². The number of hydrogen-bond acceptors (Lipinski definition) is 5. The van der Waals surface area contributed by atoms with Crippen molar-refractivity contribution in [2.45, 2.75) is 45.6 Å². The molecule has 0 N–H and O–H groups in total. The fraction of sp³-hybridized carbons (Fsp3) is 0.308. The highest BCUT2D eigenvalue weighted by atomic mass is 35.5. The number of aromatic nitrogens is 4. The van der Waals surface area contributed by atoms with Crippen LogP contribution in [-0.2, 0) is 4.74 Å². The van der Waals surface area contributed by atoms with Gasteiger partial charge in [0, 0.05) is 51.8 Å². The minimum absolute atomic E-state index is 0.0271. The van der Waals surface area contributed by atoms with Gasteiger partial charge >= 0.3 is 0 Å². The minimum Gasteiger partial charge on any atom is -0.373 e. The van der Waals surface area contributed by atoms with E-state index in [4.69, 9.17) is 21.4 Å². The third-order valence-corrected chi connectivity index (χ3v) is 6.73. The molecule has 4 heterocycles. The molecule has 6 nitrogen and oxygen atoms in total. The second-order valence-electron chi connectivity index (χ2n) is 8.78. The summed E-state index contributed by atoms with van der Waals surface area (Å²) in [6.45, 7) is 6.00. The number of pyridine rings is 1. The van der Waals surface area contributed by atoms with Crippen molar-refractivity contribution >= 4 is 17.2 Å². The number of aryl methyl sites for hydroxylation is 2. The number of fused-ring (bicyclic) bond motifs is 1. The molecule has 0 amide bonds. The van der Waals surface area contributed by atoms with Crippen molar-refractivity contribution < 1.29 is 9.13 Å². The number of rotatable bonds is 3. The van der Waals surface area contributed by atoms with Gasteiger partial charge in [-0.05, 0) is 75.6 Å². The van der Waals surface area contributed by atoms with Crippen molar-refractivity contribution in [2.24, 2.45) is 0 Å². The topological polar surface area (TPSA) is 69.4 Å². The van der Waals surface area contributed by atoms with Gasteiger partial charge in [-0.15, -0.1) is 0 Å². The summed E-state index contributed by atoms with van der Waals surface area (Å²) in [5, 5.41) is 5.01. The average molecular weight is 479 g/mol. The van der Waals surface area contributed by atoms with Crippen molar-refractivity contribution in [1.29, 1.82) is 0 Å². The Kier molecular flexibility index (Phi) is 5.91. The van der Waals surface area contributed by atoms with E-state index >= 15 is 0 Å². The summed E-state index contributed by atoms with van der Waals surface area (Å²) in [5.41, 5.74) is 4.72. The van der Waals surface area contributed by atoms with Gasteiger partial charge in [-0.2, -0.15) is 9.61 Å². The van der Waals surface area contributed by atoms with Crippen LogP contribution in [0.25, 0.3) is 16.8 Å². The van der Waals surface area contributed by atoms with Crippen LogP contribution in [0.15, 0.2) is 47.4 Å². The molecule has 1 fully saturated rings. The van der Waals surface area contributed by atoms with E-state index in [0.29, 0.717) is 51.8 Å². The molecular weight excluding hydrogens is 455 g/mol. The fourth-order valence-corrected chi connectivity index (χ4v) is 4.65. The lowest BCUT2D eigenvalue weighted by Crippen LogP contribution is -2.25. The van der Waals surface area contributed by atoms with Gasteiger partial charge in [0.05, 0.1) is 11.8 Å². The normalized spacial score (nSPS) is 18.4. The molecule has 34 heavy (non-hydrogen) atoms. The number of benzene rings is 1. The Morgan fingerprint density at radius 2 is 1.94 bits per heavy atom. The van der Waals surface area contributed by atoms with Crippen molar-refractivity contribution in [3.63, 3.8) is 0 Å². The molecule has 0 radical (unpaired) electrons. The smallest absolute Gasteiger partial charge is 0.277 e. The Labute approximate surface area is 201 Å². The molecule has 1 aliphatic heterocycles. The zero-order chi connectivity index (χ0) is 24.0. The molecule has 2 atom stereocenters. The summed E-state index contributed by atoms with van der Waals surface area (Å²) in [4.78, 5) is 22.0. The summed E-state index contributed by atoms with van der Waals surface area (Å²) in [6, 6.07) is 10.4. The molecule has 0 spiro atoms. The SMILES string of the molecule is Cc1cc([C@H]2C[C@@H](c3cc(-c4ccc(Cl)cc4F)c4nc(C)c(C)c(=O)n4n3)CCO2)ccn1. The van der Waals surface area contributed by atoms with Gasteiger partial charge in [-0.3, -0.25) is 9.78 Å². The molecular formula is C26H24ClFN4O2. The summed E-state index contributed by atoms with van der Waals surface area (Å²) in [5.74, 6) is -0.449. The van der Waals surface area contributed by atoms with E-state index in [9.17, 15) is 9.18 Å². The number of nitrogens with zero attached hydrogens (tertiary/aromatic N) is 4. The van der Waals surface area contributed by atoms with Gasteiger partial charge in [0.1, 0.15) is 5.82 Å². The van der Waals surface area contributed by atoms with Gasteiger partial charge in [-0.1, -0.05) is 11.6 Å². The molecule has 1 aromatic carbocycles. The third-order valence-electron chi connectivity index (χ3n) is 6.49. The summed E-state index contributed by atoms with van der Waals surface area (Å²) in [7, 11) is 0.